The monoisotopic (exact) mass is 390 g/mol. The second-order valence-corrected chi connectivity index (χ2v) is 6.55. The fraction of sp³-hybridized carbons (Fsp3) is 0.200. The molecular weight excluding hydrogens is 372 g/mol. The molecule has 0 atom stereocenters. The van der Waals surface area contributed by atoms with Crippen molar-refractivity contribution in [1.29, 1.82) is 0 Å². The summed E-state index contributed by atoms with van der Waals surface area (Å²) in [5.74, 6) is 0.399. The van der Waals surface area contributed by atoms with Crippen LogP contribution < -0.4 is 4.90 Å². The number of aromatic nitrogens is 3. The van der Waals surface area contributed by atoms with Gasteiger partial charge in [-0.2, -0.15) is 0 Å². The van der Waals surface area contributed by atoms with Crippen molar-refractivity contribution in [3.63, 3.8) is 0 Å². The van der Waals surface area contributed by atoms with E-state index in [0.717, 1.165) is 11.5 Å². The molecule has 0 N–H and O–H groups in total. The standard InChI is InChI=1S/C20H18N6O3/c27-20(15-5-1-2-7-18(15)26(28)29)25-13-11-24(12-14-25)19-9-8-17(22-23-19)16-6-3-4-10-21-16/h1-10H,11-14H2. The topological polar surface area (TPSA) is 105 Å². The molecule has 146 valence electrons. The average Bonchev–Trinajstić information content (AvgIpc) is 2.79. The third-order valence-corrected chi connectivity index (χ3v) is 4.80. The molecule has 0 unspecified atom stereocenters. The number of rotatable bonds is 4. The number of nitro groups is 1. The van der Waals surface area contributed by atoms with E-state index in [9.17, 15) is 14.9 Å². The number of hydrogen-bond donors (Lipinski definition) is 0. The lowest BCUT2D eigenvalue weighted by molar-refractivity contribution is -0.385. The molecule has 29 heavy (non-hydrogen) atoms. The molecule has 1 fully saturated rings. The van der Waals surface area contributed by atoms with Gasteiger partial charge in [0.15, 0.2) is 5.82 Å². The molecule has 4 rings (SSSR count). The van der Waals surface area contributed by atoms with Gasteiger partial charge < -0.3 is 9.80 Å². The fourth-order valence-electron chi connectivity index (χ4n) is 3.27. The summed E-state index contributed by atoms with van der Waals surface area (Å²) in [6.45, 7) is 2.05. The molecule has 1 aliphatic heterocycles. The Kier molecular flexibility index (Phi) is 5.10. The van der Waals surface area contributed by atoms with Crippen molar-refractivity contribution >= 4 is 17.4 Å². The number of nitrogens with zero attached hydrogens (tertiary/aromatic N) is 6. The van der Waals surface area contributed by atoms with E-state index in [2.05, 4.69) is 15.2 Å². The molecule has 1 aliphatic rings. The van der Waals surface area contributed by atoms with Crippen LogP contribution in [0.1, 0.15) is 10.4 Å². The van der Waals surface area contributed by atoms with Crippen molar-refractivity contribution in [3.05, 3.63) is 76.5 Å². The highest BCUT2D eigenvalue weighted by Crippen LogP contribution is 2.22. The molecule has 9 heteroatoms. The molecule has 1 saturated heterocycles. The van der Waals surface area contributed by atoms with Crippen LogP contribution in [0, 0.1) is 10.1 Å². The second kappa shape index (κ2) is 8.01. The van der Waals surface area contributed by atoms with E-state index in [0.29, 0.717) is 31.9 Å². The summed E-state index contributed by atoms with van der Waals surface area (Å²) < 4.78 is 0. The third-order valence-electron chi connectivity index (χ3n) is 4.80. The van der Waals surface area contributed by atoms with Crippen molar-refractivity contribution in [2.45, 2.75) is 0 Å². The Hall–Kier alpha value is -3.88. The molecule has 9 nitrogen and oxygen atoms in total. The molecular formula is C20H18N6O3. The van der Waals surface area contributed by atoms with E-state index in [1.165, 1.54) is 12.1 Å². The van der Waals surface area contributed by atoms with Crippen molar-refractivity contribution < 1.29 is 9.72 Å². The van der Waals surface area contributed by atoms with Crippen molar-refractivity contribution in [3.8, 4) is 11.4 Å². The Morgan fingerprint density at radius 2 is 1.66 bits per heavy atom. The smallest absolute Gasteiger partial charge is 0.282 e. The molecule has 1 amide bonds. The lowest BCUT2D eigenvalue weighted by atomic mass is 10.1. The van der Waals surface area contributed by atoms with Crippen LogP contribution in [0.5, 0.6) is 0 Å². The maximum Gasteiger partial charge on any atom is 0.282 e. The minimum atomic E-state index is -0.526. The summed E-state index contributed by atoms with van der Waals surface area (Å²) in [7, 11) is 0. The summed E-state index contributed by atoms with van der Waals surface area (Å²) in [5.41, 5.74) is 1.40. The van der Waals surface area contributed by atoms with Gasteiger partial charge in [0.2, 0.25) is 0 Å². The number of carbonyl (C=O) groups excluding carboxylic acids is 1. The Morgan fingerprint density at radius 3 is 2.31 bits per heavy atom. The maximum absolute atomic E-state index is 12.7. The minimum absolute atomic E-state index is 0.116. The predicted octanol–water partition coefficient (Wildman–Crippen LogP) is 2.41. The van der Waals surface area contributed by atoms with Gasteiger partial charge in [0.25, 0.3) is 11.6 Å². The van der Waals surface area contributed by atoms with E-state index in [1.54, 1.807) is 23.2 Å². The SMILES string of the molecule is O=C(c1ccccc1[N+](=O)[O-])N1CCN(c2ccc(-c3ccccn3)nn2)CC1. The Labute approximate surface area is 166 Å². The van der Waals surface area contributed by atoms with Gasteiger partial charge in [0.05, 0.1) is 10.6 Å². The first kappa shape index (κ1) is 18.5. The Bertz CT molecular complexity index is 1020. The minimum Gasteiger partial charge on any atom is -0.352 e. The average molecular weight is 390 g/mol. The van der Waals surface area contributed by atoms with Crippen molar-refractivity contribution in [1.82, 2.24) is 20.1 Å². The van der Waals surface area contributed by atoms with Gasteiger partial charge >= 0.3 is 0 Å². The fourth-order valence-corrected chi connectivity index (χ4v) is 3.27. The number of anilines is 1. The quantitative estimate of drug-likeness (QED) is 0.497. The first-order chi connectivity index (χ1) is 14.1. The summed E-state index contributed by atoms with van der Waals surface area (Å²) in [5, 5.41) is 19.7. The largest absolute Gasteiger partial charge is 0.352 e. The van der Waals surface area contributed by atoms with Gasteiger partial charge in [0.1, 0.15) is 11.3 Å². The van der Waals surface area contributed by atoms with Crippen LogP contribution >= 0.6 is 0 Å². The summed E-state index contributed by atoms with van der Waals surface area (Å²) in [4.78, 5) is 31.3. The summed E-state index contributed by atoms with van der Waals surface area (Å²) in [6, 6.07) is 15.4. The maximum atomic E-state index is 12.7. The molecule has 0 radical (unpaired) electrons. The number of pyridine rings is 1. The van der Waals surface area contributed by atoms with Gasteiger partial charge in [-0.05, 0) is 30.3 Å². The van der Waals surface area contributed by atoms with Crippen LogP contribution in [-0.4, -0.2) is 57.1 Å². The number of nitro benzene ring substituents is 1. The number of hydrogen-bond acceptors (Lipinski definition) is 7. The van der Waals surface area contributed by atoms with Gasteiger partial charge in [0, 0.05) is 38.4 Å². The van der Waals surface area contributed by atoms with E-state index in [1.807, 2.05) is 35.2 Å². The zero-order valence-electron chi connectivity index (χ0n) is 15.5. The third kappa shape index (κ3) is 3.88. The van der Waals surface area contributed by atoms with Gasteiger partial charge in [-0.15, -0.1) is 10.2 Å². The molecule has 0 saturated carbocycles. The van der Waals surface area contributed by atoms with E-state index >= 15 is 0 Å². The van der Waals surface area contributed by atoms with Gasteiger partial charge in [-0.25, -0.2) is 0 Å². The predicted molar refractivity (Wildman–Crippen MR) is 106 cm³/mol. The number of amides is 1. The van der Waals surface area contributed by atoms with E-state index in [-0.39, 0.29) is 17.2 Å². The van der Waals surface area contributed by atoms with Crippen LogP contribution in [0.15, 0.2) is 60.8 Å². The first-order valence-corrected chi connectivity index (χ1v) is 9.16. The normalized spacial score (nSPS) is 13.9. The molecule has 0 aliphatic carbocycles. The van der Waals surface area contributed by atoms with E-state index < -0.39 is 4.92 Å². The van der Waals surface area contributed by atoms with Crippen LogP contribution in [-0.2, 0) is 0 Å². The summed E-state index contributed by atoms with van der Waals surface area (Å²) >= 11 is 0. The van der Waals surface area contributed by atoms with Gasteiger partial charge in [-0.3, -0.25) is 19.9 Å². The van der Waals surface area contributed by atoms with Gasteiger partial charge in [-0.1, -0.05) is 18.2 Å². The highest BCUT2D eigenvalue weighted by molar-refractivity contribution is 5.98. The number of carbonyl (C=O) groups is 1. The second-order valence-electron chi connectivity index (χ2n) is 6.55. The Morgan fingerprint density at radius 1 is 0.897 bits per heavy atom. The number of benzene rings is 1. The number of piperazine rings is 1. The van der Waals surface area contributed by atoms with E-state index in [4.69, 9.17) is 0 Å². The lowest BCUT2D eigenvalue weighted by Gasteiger charge is -2.35. The lowest BCUT2D eigenvalue weighted by Crippen LogP contribution is -2.49. The molecule has 0 bridgehead atoms. The van der Waals surface area contributed by atoms with Crippen molar-refractivity contribution in [2.75, 3.05) is 31.1 Å². The highest BCUT2D eigenvalue weighted by atomic mass is 16.6. The highest BCUT2D eigenvalue weighted by Gasteiger charge is 2.27. The molecule has 0 spiro atoms. The molecule has 3 aromatic rings. The number of para-hydroxylation sites is 1. The first-order valence-electron chi connectivity index (χ1n) is 9.16. The molecule has 2 aromatic heterocycles. The van der Waals surface area contributed by atoms with Crippen LogP contribution in [0.4, 0.5) is 11.5 Å². The zero-order valence-corrected chi connectivity index (χ0v) is 15.5. The van der Waals surface area contributed by atoms with Crippen LogP contribution in [0.25, 0.3) is 11.4 Å². The molecule has 3 heterocycles. The van der Waals surface area contributed by atoms with Crippen molar-refractivity contribution in [2.24, 2.45) is 0 Å². The zero-order chi connectivity index (χ0) is 20.2. The molecule has 1 aromatic carbocycles. The van der Waals surface area contributed by atoms with Crippen LogP contribution in [0.3, 0.4) is 0 Å². The summed E-state index contributed by atoms with van der Waals surface area (Å²) in [6.07, 6.45) is 1.71. The van der Waals surface area contributed by atoms with Crippen LogP contribution in [0.2, 0.25) is 0 Å². The Balaban J connectivity index is 1.42.